The molecule has 1 aromatic rings. The summed E-state index contributed by atoms with van der Waals surface area (Å²) in [5.74, 6) is -0.706. The molecule has 0 unspecified atom stereocenters. The van der Waals surface area contributed by atoms with E-state index >= 15 is 0 Å². The van der Waals surface area contributed by atoms with Crippen LogP contribution in [0.1, 0.15) is 43.2 Å². The molecule has 0 heterocycles. The summed E-state index contributed by atoms with van der Waals surface area (Å²) >= 11 is 6.11. The van der Waals surface area contributed by atoms with Gasteiger partial charge >= 0.3 is 5.97 Å². The van der Waals surface area contributed by atoms with Gasteiger partial charge in [0.1, 0.15) is 0 Å². The second kappa shape index (κ2) is 4.69. The van der Waals surface area contributed by atoms with E-state index in [1.807, 2.05) is 25.1 Å². The van der Waals surface area contributed by atoms with Crippen LogP contribution in [0.4, 0.5) is 0 Å². The quantitative estimate of drug-likeness (QED) is 0.866. The van der Waals surface area contributed by atoms with Crippen LogP contribution in [-0.4, -0.2) is 11.1 Å². The molecule has 1 aliphatic rings. The second-order valence-electron chi connectivity index (χ2n) is 4.86. The van der Waals surface area contributed by atoms with Gasteiger partial charge in [-0.15, -0.1) is 0 Å². The molecule has 0 spiro atoms. The van der Waals surface area contributed by atoms with E-state index in [1.165, 1.54) is 0 Å². The first-order valence-corrected chi connectivity index (χ1v) is 6.45. The maximum Gasteiger partial charge on any atom is 0.314 e. The van der Waals surface area contributed by atoms with Crippen LogP contribution in [0.5, 0.6) is 0 Å². The standard InChI is InChI=1S/C14H17ClO2/c1-10-11(6-5-7-12(10)15)14(13(16)17)8-3-2-4-9-14/h5-7H,2-4,8-9H2,1H3,(H,16,17). The molecule has 3 heteroatoms. The highest BCUT2D eigenvalue weighted by Gasteiger charge is 2.42. The topological polar surface area (TPSA) is 37.3 Å². The van der Waals surface area contributed by atoms with E-state index in [-0.39, 0.29) is 0 Å². The molecule has 1 aromatic carbocycles. The fourth-order valence-corrected chi connectivity index (χ4v) is 3.05. The molecule has 0 bridgehead atoms. The molecule has 1 aliphatic carbocycles. The Morgan fingerprint density at radius 2 is 1.94 bits per heavy atom. The van der Waals surface area contributed by atoms with Crippen molar-refractivity contribution in [2.45, 2.75) is 44.4 Å². The van der Waals surface area contributed by atoms with Crippen molar-refractivity contribution in [1.82, 2.24) is 0 Å². The van der Waals surface area contributed by atoms with E-state index in [4.69, 9.17) is 11.6 Å². The minimum Gasteiger partial charge on any atom is -0.481 e. The van der Waals surface area contributed by atoms with Crippen LogP contribution in [-0.2, 0) is 10.2 Å². The van der Waals surface area contributed by atoms with Crippen molar-refractivity contribution >= 4 is 17.6 Å². The second-order valence-corrected chi connectivity index (χ2v) is 5.27. The summed E-state index contributed by atoms with van der Waals surface area (Å²) in [4.78, 5) is 11.7. The molecule has 1 fully saturated rings. The molecule has 0 aliphatic heterocycles. The fraction of sp³-hybridized carbons (Fsp3) is 0.500. The summed E-state index contributed by atoms with van der Waals surface area (Å²) in [5.41, 5.74) is 1.10. The summed E-state index contributed by atoms with van der Waals surface area (Å²) in [7, 11) is 0. The van der Waals surface area contributed by atoms with Crippen molar-refractivity contribution in [1.29, 1.82) is 0 Å². The van der Waals surface area contributed by atoms with Gasteiger partial charge < -0.3 is 5.11 Å². The van der Waals surface area contributed by atoms with E-state index in [1.54, 1.807) is 0 Å². The number of rotatable bonds is 2. The summed E-state index contributed by atoms with van der Waals surface area (Å²) in [6.45, 7) is 1.91. The first-order valence-electron chi connectivity index (χ1n) is 6.07. The van der Waals surface area contributed by atoms with Gasteiger partial charge in [0.25, 0.3) is 0 Å². The predicted molar refractivity (Wildman–Crippen MR) is 68.6 cm³/mol. The summed E-state index contributed by atoms with van der Waals surface area (Å²) in [6.07, 6.45) is 4.55. The van der Waals surface area contributed by atoms with Crippen LogP contribution in [0.25, 0.3) is 0 Å². The SMILES string of the molecule is Cc1c(Cl)cccc1C1(C(=O)O)CCCCC1. The Morgan fingerprint density at radius 3 is 2.53 bits per heavy atom. The van der Waals surface area contributed by atoms with Crippen LogP contribution < -0.4 is 0 Å². The van der Waals surface area contributed by atoms with Crippen LogP contribution in [0.3, 0.4) is 0 Å². The van der Waals surface area contributed by atoms with E-state index in [2.05, 4.69) is 0 Å². The van der Waals surface area contributed by atoms with Gasteiger partial charge in [-0.05, 0) is 37.0 Å². The lowest BCUT2D eigenvalue weighted by Crippen LogP contribution is -2.38. The molecule has 2 rings (SSSR count). The summed E-state index contributed by atoms with van der Waals surface area (Å²) < 4.78 is 0. The largest absolute Gasteiger partial charge is 0.481 e. The van der Waals surface area contributed by atoms with Gasteiger partial charge in [0, 0.05) is 5.02 Å². The molecule has 0 atom stereocenters. The zero-order chi connectivity index (χ0) is 12.5. The lowest BCUT2D eigenvalue weighted by atomic mass is 9.68. The Bertz CT molecular complexity index is 434. The van der Waals surface area contributed by atoms with Crippen molar-refractivity contribution in [3.05, 3.63) is 34.3 Å². The van der Waals surface area contributed by atoms with Crippen molar-refractivity contribution in [2.24, 2.45) is 0 Å². The monoisotopic (exact) mass is 252 g/mol. The number of hydrogen-bond donors (Lipinski definition) is 1. The molecule has 0 aromatic heterocycles. The Labute approximate surface area is 107 Å². The molecule has 0 saturated heterocycles. The average Bonchev–Trinajstić information content (AvgIpc) is 2.33. The number of carbonyl (C=O) groups is 1. The number of benzene rings is 1. The maximum absolute atomic E-state index is 11.7. The molecular formula is C14H17ClO2. The molecule has 2 nitrogen and oxygen atoms in total. The van der Waals surface area contributed by atoms with Crippen molar-refractivity contribution in [3.8, 4) is 0 Å². The highest BCUT2D eigenvalue weighted by molar-refractivity contribution is 6.31. The Hall–Kier alpha value is -1.02. The lowest BCUT2D eigenvalue weighted by Gasteiger charge is -2.35. The normalized spacial score (nSPS) is 18.9. The zero-order valence-corrected chi connectivity index (χ0v) is 10.8. The number of carboxylic acid groups (broad SMARTS) is 1. The van der Waals surface area contributed by atoms with Gasteiger partial charge in [-0.1, -0.05) is 43.0 Å². The van der Waals surface area contributed by atoms with E-state index in [0.717, 1.165) is 43.2 Å². The van der Waals surface area contributed by atoms with E-state index in [9.17, 15) is 9.90 Å². The number of halogens is 1. The molecule has 17 heavy (non-hydrogen) atoms. The smallest absolute Gasteiger partial charge is 0.314 e. The Balaban J connectivity index is 2.53. The third-order valence-electron chi connectivity index (χ3n) is 3.90. The van der Waals surface area contributed by atoms with Crippen LogP contribution in [0.15, 0.2) is 18.2 Å². The number of aliphatic carboxylic acids is 1. The van der Waals surface area contributed by atoms with Crippen molar-refractivity contribution < 1.29 is 9.90 Å². The van der Waals surface area contributed by atoms with Crippen LogP contribution in [0.2, 0.25) is 5.02 Å². The highest BCUT2D eigenvalue weighted by atomic mass is 35.5. The molecular weight excluding hydrogens is 236 g/mol. The Kier molecular flexibility index (Phi) is 3.43. The first-order chi connectivity index (χ1) is 8.08. The third-order valence-corrected chi connectivity index (χ3v) is 4.31. The summed E-state index contributed by atoms with van der Waals surface area (Å²) in [6, 6.07) is 5.59. The van der Waals surface area contributed by atoms with Gasteiger partial charge in [-0.2, -0.15) is 0 Å². The van der Waals surface area contributed by atoms with Crippen LogP contribution in [0, 0.1) is 6.92 Å². The fourth-order valence-electron chi connectivity index (χ4n) is 2.88. The highest BCUT2D eigenvalue weighted by Crippen LogP contribution is 2.42. The average molecular weight is 253 g/mol. The predicted octanol–water partition coefficient (Wildman–Crippen LogP) is 3.93. The molecule has 92 valence electrons. The zero-order valence-electron chi connectivity index (χ0n) is 10.0. The van der Waals surface area contributed by atoms with E-state index in [0.29, 0.717) is 5.02 Å². The van der Waals surface area contributed by atoms with Gasteiger partial charge in [0.2, 0.25) is 0 Å². The molecule has 0 amide bonds. The van der Waals surface area contributed by atoms with Crippen molar-refractivity contribution in [2.75, 3.05) is 0 Å². The van der Waals surface area contributed by atoms with Crippen LogP contribution >= 0.6 is 11.6 Å². The van der Waals surface area contributed by atoms with Gasteiger partial charge in [-0.3, -0.25) is 4.79 Å². The molecule has 0 radical (unpaired) electrons. The minimum absolute atomic E-state index is 0.661. The van der Waals surface area contributed by atoms with Gasteiger partial charge in [0.15, 0.2) is 0 Å². The Morgan fingerprint density at radius 1 is 1.29 bits per heavy atom. The lowest BCUT2D eigenvalue weighted by molar-refractivity contribution is -0.145. The third kappa shape index (κ3) is 2.06. The van der Waals surface area contributed by atoms with Gasteiger partial charge in [-0.25, -0.2) is 0 Å². The molecule has 1 N–H and O–H groups in total. The van der Waals surface area contributed by atoms with E-state index < -0.39 is 11.4 Å². The van der Waals surface area contributed by atoms with Gasteiger partial charge in [0.05, 0.1) is 5.41 Å². The minimum atomic E-state index is -0.715. The number of carboxylic acids is 1. The maximum atomic E-state index is 11.7. The first kappa shape index (κ1) is 12.4. The van der Waals surface area contributed by atoms with Crippen molar-refractivity contribution in [3.63, 3.8) is 0 Å². The summed E-state index contributed by atoms with van der Waals surface area (Å²) in [5, 5.41) is 10.3. The number of hydrogen-bond acceptors (Lipinski definition) is 1. The molecule has 1 saturated carbocycles.